The first-order valence-corrected chi connectivity index (χ1v) is 12.0. The maximum absolute atomic E-state index is 13.7. The van der Waals surface area contributed by atoms with Crippen LogP contribution >= 0.6 is 0 Å². The molecule has 0 bridgehead atoms. The summed E-state index contributed by atoms with van der Waals surface area (Å²) in [5.41, 5.74) is 1.63. The number of nitrogens with one attached hydrogen (secondary N) is 1. The van der Waals surface area contributed by atoms with E-state index in [1.54, 1.807) is 36.4 Å². The molecule has 35 heavy (non-hydrogen) atoms. The molecule has 0 aliphatic rings. The number of carbonyl (C=O) groups excluding carboxylic acids is 1. The summed E-state index contributed by atoms with van der Waals surface area (Å²) < 4.78 is 49.4. The lowest BCUT2D eigenvalue weighted by molar-refractivity contribution is -0.114. The number of nitrogens with zero attached hydrogens (tertiary/aromatic N) is 1. The van der Waals surface area contributed by atoms with Crippen molar-refractivity contribution < 1.29 is 32.2 Å². The zero-order valence-electron chi connectivity index (χ0n) is 20.2. The third kappa shape index (κ3) is 5.78. The molecule has 0 saturated heterocycles. The van der Waals surface area contributed by atoms with Crippen molar-refractivity contribution >= 4 is 27.3 Å². The molecule has 186 valence electrons. The fourth-order valence-electron chi connectivity index (χ4n) is 3.41. The Bertz CT molecular complexity index is 1290. The van der Waals surface area contributed by atoms with Crippen LogP contribution in [0.2, 0.25) is 0 Å². The lowest BCUT2D eigenvalue weighted by Crippen LogP contribution is -2.38. The van der Waals surface area contributed by atoms with Crippen molar-refractivity contribution in [2.75, 3.05) is 44.6 Å². The monoisotopic (exact) mass is 500 g/mol. The molecule has 9 nitrogen and oxygen atoms in total. The molecule has 0 radical (unpaired) electrons. The second-order valence-electron chi connectivity index (χ2n) is 7.48. The molecule has 3 aromatic rings. The Morgan fingerprint density at radius 1 is 0.800 bits per heavy atom. The number of anilines is 2. The number of hydrogen-bond donors (Lipinski definition) is 1. The Morgan fingerprint density at radius 2 is 1.43 bits per heavy atom. The Morgan fingerprint density at radius 3 is 2.03 bits per heavy atom. The summed E-state index contributed by atoms with van der Waals surface area (Å²) in [6.07, 6.45) is 0. The van der Waals surface area contributed by atoms with Crippen molar-refractivity contribution in [3.8, 4) is 23.0 Å². The molecule has 0 heterocycles. The van der Waals surface area contributed by atoms with E-state index in [2.05, 4.69) is 5.32 Å². The third-order valence-corrected chi connectivity index (χ3v) is 6.99. The van der Waals surface area contributed by atoms with Crippen LogP contribution in [0.3, 0.4) is 0 Å². The van der Waals surface area contributed by atoms with E-state index in [0.717, 1.165) is 9.87 Å². The number of rotatable bonds is 10. The van der Waals surface area contributed by atoms with E-state index in [0.29, 0.717) is 22.9 Å². The van der Waals surface area contributed by atoms with Crippen molar-refractivity contribution in [3.63, 3.8) is 0 Å². The van der Waals surface area contributed by atoms with E-state index < -0.39 is 22.5 Å². The Kier molecular flexibility index (Phi) is 8.08. The van der Waals surface area contributed by atoms with Crippen LogP contribution in [0.1, 0.15) is 5.56 Å². The first kappa shape index (κ1) is 25.7. The predicted octanol–water partition coefficient (Wildman–Crippen LogP) is 3.86. The highest BCUT2D eigenvalue weighted by Gasteiger charge is 2.29. The quantitative estimate of drug-likeness (QED) is 0.451. The number of aryl methyl sites for hydroxylation is 1. The highest BCUT2D eigenvalue weighted by molar-refractivity contribution is 7.92. The minimum absolute atomic E-state index is 0.0631. The fraction of sp³-hybridized carbons (Fsp3) is 0.240. The van der Waals surface area contributed by atoms with Crippen LogP contribution < -0.4 is 28.6 Å². The number of ether oxygens (including phenoxy) is 4. The minimum atomic E-state index is -4.18. The van der Waals surface area contributed by atoms with E-state index in [9.17, 15) is 13.2 Å². The molecule has 1 N–H and O–H groups in total. The van der Waals surface area contributed by atoms with Crippen molar-refractivity contribution in [2.24, 2.45) is 0 Å². The molecular weight excluding hydrogens is 472 g/mol. The van der Waals surface area contributed by atoms with Crippen LogP contribution in [0.25, 0.3) is 0 Å². The van der Waals surface area contributed by atoms with Gasteiger partial charge in [0.2, 0.25) is 5.91 Å². The summed E-state index contributed by atoms with van der Waals surface area (Å²) in [5, 5.41) is 2.75. The van der Waals surface area contributed by atoms with Gasteiger partial charge in [-0.1, -0.05) is 6.07 Å². The second kappa shape index (κ2) is 11.0. The summed E-state index contributed by atoms with van der Waals surface area (Å²) in [4.78, 5) is 13.0. The van der Waals surface area contributed by atoms with E-state index in [-0.39, 0.29) is 16.3 Å². The van der Waals surface area contributed by atoms with Crippen LogP contribution in [0.15, 0.2) is 65.6 Å². The number of hydrogen-bond acceptors (Lipinski definition) is 7. The number of benzene rings is 3. The number of methoxy groups -OCH3 is 4. The molecule has 1 amide bonds. The second-order valence-corrected chi connectivity index (χ2v) is 9.34. The van der Waals surface area contributed by atoms with Gasteiger partial charge in [0.15, 0.2) is 11.5 Å². The first-order chi connectivity index (χ1) is 16.7. The van der Waals surface area contributed by atoms with Gasteiger partial charge in [-0.25, -0.2) is 8.42 Å². The van der Waals surface area contributed by atoms with Crippen molar-refractivity contribution in [1.82, 2.24) is 0 Å². The topological polar surface area (TPSA) is 103 Å². The highest BCUT2D eigenvalue weighted by atomic mass is 32.2. The van der Waals surface area contributed by atoms with Gasteiger partial charge in [-0.15, -0.1) is 0 Å². The van der Waals surface area contributed by atoms with Gasteiger partial charge in [0.05, 0.1) is 44.7 Å². The molecule has 10 heteroatoms. The first-order valence-electron chi connectivity index (χ1n) is 10.6. The van der Waals surface area contributed by atoms with Crippen molar-refractivity contribution in [3.05, 3.63) is 66.2 Å². The van der Waals surface area contributed by atoms with Crippen LogP contribution in [0, 0.1) is 6.92 Å². The molecule has 0 spiro atoms. The molecule has 0 saturated carbocycles. The molecular formula is C25H28N2O7S. The summed E-state index contributed by atoms with van der Waals surface area (Å²) in [6, 6.07) is 15.9. The Labute approximate surface area is 205 Å². The van der Waals surface area contributed by atoms with E-state index in [1.165, 1.54) is 46.6 Å². The molecule has 0 aliphatic heterocycles. The van der Waals surface area contributed by atoms with Gasteiger partial charge in [0, 0.05) is 6.07 Å². The lowest BCUT2D eigenvalue weighted by atomic mass is 10.2. The van der Waals surface area contributed by atoms with Crippen LogP contribution in [-0.4, -0.2) is 49.3 Å². The molecule has 0 atom stereocenters. The van der Waals surface area contributed by atoms with Crippen LogP contribution in [0.5, 0.6) is 23.0 Å². The average molecular weight is 501 g/mol. The number of carbonyl (C=O) groups is 1. The van der Waals surface area contributed by atoms with E-state index in [4.69, 9.17) is 18.9 Å². The largest absolute Gasteiger partial charge is 0.497 e. The van der Waals surface area contributed by atoms with Gasteiger partial charge < -0.3 is 24.3 Å². The summed E-state index contributed by atoms with van der Waals surface area (Å²) in [7, 11) is 1.70. The smallest absolute Gasteiger partial charge is 0.264 e. The number of amides is 1. The molecule has 3 aromatic carbocycles. The van der Waals surface area contributed by atoms with E-state index >= 15 is 0 Å². The average Bonchev–Trinajstić information content (AvgIpc) is 2.87. The zero-order valence-corrected chi connectivity index (χ0v) is 21.0. The normalized spacial score (nSPS) is 10.9. The zero-order chi connectivity index (χ0) is 25.6. The Hall–Kier alpha value is -3.92. The number of sulfonamides is 1. The molecule has 0 aromatic heterocycles. The maximum atomic E-state index is 13.7. The van der Waals surface area contributed by atoms with Gasteiger partial charge in [-0.3, -0.25) is 9.10 Å². The predicted molar refractivity (Wildman–Crippen MR) is 133 cm³/mol. The highest BCUT2D eigenvalue weighted by Crippen LogP contribution is 2.33. The summed E-state index contributed by atoms with van der Waals surface area (Å²) in [6.45, 7) is 1.39. The molecule has 0 unspecified atom stereocenters. The van der Waals surface area contributed by atoms with Gasteiger partial charge in [0.25, 0.3) is 10.0 Å². The van der Waals surface area contributed by atoms with E-state index in [1.807, 2.05) is 13.0 Å². The van der Waals surface area contributed by atoms with Gasteiger partial charge >= 0.3 is 0 Å². The summed E-state index contributed by atoms with van der Waals surface area (Å²) >= 11 is 0. The molecule has 3 rings (SSSR count). The SMILES string of the molecule is COc1ccc(N(CC(=O)Nc2cc(C)ccc2OC)S(=O)(=O)c2ccc(OC)c(OC)c2)cc1. The standard InChI is InChI=1S/C25H28N2O7S/c1-17-6-12-22(32-3)21(14-17)26-25(28)16-27(18-7-9-19(31-2)10-8-18)35(29,30)20-11-13-23(33-4)24(15-20)34-5/h6-15H,16H2,1-5H3,(H,26,28). The van der Waals surface area contributed by atoms with Gasteiger partial charge in [-0.05, 0) is 61.0 Å². The summed E-state index contributed by atoms with van der Waals surface area (Å²) in [5.74, 6) is 1.09. The van der Waals surface area contributed by atoms with Crippen LogP contribution in [-0.2, 0) is 14.8 Å². The molecule has 0 aliphatic carbocycles. The van der Waals surface area contributed by atoms with Gasteiger partial charge in [-0.2, -0.15) is 0 Å². The fourth-order valence-corrected chi connectivity index (χ4v) is 4.84. The van der Waals surface area contributed by atoms with Crippen molar-refractivity contribution in [2.45, 2.75) is 11.8 Å². The maximum Gasteiger partial charge on any atom is 0.264 e. The van der Waals surface area contributed by atoms with Gasteiger partial charge in [0.1, 0.15) is 18.0 Å². The van der Waals surface area contributed by atoms with Crippen molar-refractivity contribution in [1.29, 1.82) is 0 Å². The van der Waals surface area contributed by atoms with Crippen LogP contribution in [0.4, 0.5) is 11.4 Å². The third-order valence-electron chi connectivity index (χ3n) is 5.22. The Balaban J connectivity index is 2.01. The minimum Gasteiger partial charge on any atom is -0.497 e. The lowest BCUT2D eigenvalue weighted by Gasteiger charge is -2.25. The molecule has 0 fully saturated rings.